The number of ether oxygens (including phenoxy) is 1. The summed E-state index contributed by atoms with van der Waals surface area (Å²) in [5.41, 5.74) is 9.50. The molecule has 0 saturated heterocycles. The summed E-state index contributed by atoms with van der Waals surface area (Å²) >= 11 is 0. The van der Waals surface area contributed by atoms with Crippen molar-refractivity contribution in [2.45, 2.75) is 84.0 Å². The van der Waals surface area contributed by atoms with E-state index in [0.29, 0.717) is 24.3 Å². The zero-order chi connectivity index (χ0) is 24.3. The van der Waals surface area contributed by atoms with Crippen LogP contribution in [0.1, 0.15) is 81.1 Å². The molecule has 5 nitrogen and oxygen atoms in total. The van der Waals surface area contributed by atoms with Gasteiger partial charge in [0.25, 0.3) is 5.91 Å². The van der Waals surface area contributed by atoms with Gasteiger partial charge in [-0.2, -0.15) is 0 Å². The minimum atomic E-state index is -0.0916. The molecule has 186 valence electrons. The first-order chi connectivity index (χ1) is 16.5. The molecule has 3 N–H and O–H groups in total. The van der Waals surface area contributed by atoms with Crippen molar-refractivity contribution in [3.05, 3.63) is 59.7 Å². The molecule has 0 spiro atoms. The normalized spacial score (nSPS) is 20.0. The molecular weight excluding hydrogens is 422 g/mol. The largest absolute Gasteiger partial charge is 0.375 e. The Balaban J connectivity index is 0.000000343. The molecule has 2 saturated carbocycles. The summed E-state index contributed by atoms with van der Waals surface area (Å²) in [6.07, 6.45) is 10.5. The summed E-state index contributed by atoms with van der Waals surface area (Å²) in [6.45, 7) is 6.06. The smallest absolute Gasteiger partial charge is 0.255 e. The summed E-state index contributed by atoms with van der Waals surface area (Å²) in [4.78, 5) is 14.6. The highest BCUT2D eigenvalue weighted by Gasteiger charge is 2.18. The second kappa shape index (κ2) is 13.5. The van der Waals surface area contributed by atoms with Gasteiger partial charge in [0, 0.05) is 36.6 Å². The lowest BCUT2D eigenvalue weighted by Gasteiger charge is -2.25. The zero-order valence-electron chi connectivity index (χ0n) is 21.3. The van der Waals surface area contributed by atoms with Crippen LogP contribution < -0.4 is 16.0 Å². The first kappa shape index (κ1) is 26.2. The quantitative estimate of drug-likeness (QED) is 0.475. The van der Waals surface area contributed by atoms with Crippen molar-refractivity contribution in [3.8, 4) is 0 Å². The van der Waals surface area contributed by atoms with E-state index in [1.165, 1.54) is 44.9 Å². The second-order valence-corrected chi connectivity index (χ2v) is 9.91. The number of carbonyl (C=O) groups excluding carboxylic acids is 1. The number of rotatable bonds is 8. The van der Waals surface area contributed by atoms with Crippen LogP contribution in [-0.2, 0) is 11.3 Å². The van der Waals surface area contributed by atoms with Crippen LogP contribution in [0.4, 0.5) is 11.4 Å². The Labute approximate surface area is 206 Å². The highest BCUT2D eigenvalue weighted by Crippen LogP contribution is 2.23. The number of nitrogens with one attached hydrogen (secondary N) is 1. The van der Waals surface area contributed by atoms with Crippen molar-refractivity contribution < 1.29 is 9.53 Å². The predicted molar refractivity (Wildman–Crippen MR) is 142 cm³/mol. The maximum absolute atomic E-state index is 12.4. The third kappa shape index (κ3) is 8.14. The number of hydrogen-bond acceptors (Lipinski definition) is 4. The molecule has 0 aromatic heterocycles. The third-order valence-corrected chi connectivity index (χ3v) is 7.06. The molecule has 2 aliphatic carbocycles. The lowest BCUT2D eigenvalue weighted by atomic mass is 9.87. The van der Waals surface area contributed by atoms with Crippen molar-refractivity contribution in [1.29, 1.82) is 0 Å². The van der Waals surface area contributed by atoms with Crippen LogP contribution in [-0.4, -0.2) is 31.6 Å². The van der Waals surface area contributed by atoms with Gasteiger partial charge in [-0.3, -0.25) is 4.79 Å². The molecule has 34 heavy (non-hydrogen) atoms. The fourth-order valence-corrected chi connectivity index (χ4v) is 4.32. The highest BCUT2D eigenvalue weighted by atomic mass is 16.5. The average molecular weight is 466 g/mol. The van der Waals surface area contributed by atoms with Gasteiger partial charge in [-0.25, -0.2) is 0 Å². The van der Waals surface area contributed by atoms with Crippen molar-refractivity contribution in [3.63, 3.8) is 0 Å². The van der Waals surface area contributed by atoms with E-state index < -0.39 is 0 Å². The Kier molecular flexibility index (Phi) is 10.4. The van der Waals surface area contributed by atoms with E-state index in [4.69, 9.17) is 10.5 Å². The standard InChI is InChI=1S/C22H28N2O2.C7H15N/c1-3-15-24(2)20-13-11-19(12-14-20)23-22(25)18-9-7-17(8-10-18)16-26-21-5-4-6-21;1-6-4-2-3-5-7(6)8/h7-14,21H,3-6,15-16H2,1-2H3,(H,23,25);6-7H,2-5,8H2,1H3. The zero-order valence-corrected chi connectivity index (χ0v) is 21.3. The monoisotopic (exact) mass is 465 g/mol. The molecule has 2 atom stereocenters. The summed E-state index contributed by atoms with van der Waals surface area (Å²) in [5, 5.41) is 2.96. The molecule has 2 fully saturated rings. The minimum Gasteiger partial charge on any atom is -0.375 e. The van der Waals surface area contributed by atoms with Gasteiger partial charge in [0.2, 0.25) is 0 Å². The molecule has 2 aromatic rings. The Bertz CT molecular complexity index is 852. The molecule has 0 aliphatic heterocycles. The molecule has 0 radical (unpaired) electrons. The maximum Gasteiger partial charge on any atom is 0.255 e. The molecule has 0 bridgehead atoms. The van der Waals surface area contributed by atoms with Crippen molar-refractivity contribution >= 4 is 17.3 Å². The second-order valence-electron chi connectivity index (χ2n) is 9.91. The number of hydrogen-bond donors (Lipinski definition) is 2. The number of amides is 1. The maximum atomic E-state index is 12.4. The summed E-state index contributed by atoms with van der Waals surface area (Å²) in [7, 11) is 2.08. The summed E-state index contributed by atoms with van der Waals surface area (Å²) in [5.74, 6) is 0.690. The van der Waals surface area contributed by atoms with Crippen LogP contribution in [0.3, 0.4) is 0 Å². The highest BCUT2D eigenvalue weighted by molar-refractivity contribution is 6.04. The van der Waals surface area contributed by atoms with Crippen LogP contribution in [0.15, 0.2) is 48.5 Å². The Morgan fingerprint density at radius 3 is 2.21 bits per heavy atom. The SMILES string of the molecule is CC1CCCCC1N.CCCN(C)c1ccc(NC(=O)c2ccc(COC3CCC3)cc2)cc1. The van der Waals surface area contributed by atoms with Gasteiger partial charge >= 0.3 is 0 Å². The van der Waals surface area contributed by atoms with Gasteiger partial charge in [-0.1, -0.05) is 38.8 Å². The van der Waals surface area contributed by atoms with E-state index in [0.717, 1.165) is 35.8 Å². The Hall–Kier alpha value is -2.37. The topological polar surface area (TPSA) is 67.6 Å². The van der Waals surface area contributed by atoms with Gasteiger partial charge in [0.15, 0.2) is 0 Å². The van der Waals surface area contributed by atoms with Gasteiger partial charge in [0.05, 0.1) is 12.7 Å². The molecule has 2 aromatic carbocycles. The molecule has 0 heterocycles. The first-order valence-electron chi connectivity index (χ1n) is 13.0. The number of nitrogens with zero attached hydrogens (tertiary/aromatic N) is 1. The lowest BCUT2D eigenvalue weighted by molar-refractivity contribution is -0.00866. The number of carbonyl (C=O) groups is 1. The minimum absolute atomic E-state index is 0.0916. The summed E-state index contributed by atoms with van der Waals surface area (Å²) < 4.78 is 5.80. The van der Waals surface area contributed by atoms with Crippen molar-refractivity contribution in [1.82, 2.24) is 0 Å². The first-order valence-corrected chi connectivity index (χ1v) is 13.0. The van der Waals surface area contributed by atoms with Gasteiger partial charge in [-0.15, -0.1) is 0 Å². The van der Waals surface area contributed by atoms with Gasteiger partial charge in [0.1, 0.15) is 0 Å². The van der Waals surface area contributed by atoms with Crippen LogP contribution >= 0.6 is 0 Å². The van der Waals surface area contributed by atoms with Crippen LogP contribution in [0.5, 0.6) is 0 Å². The molecule has 2 unspecified atom stereocenters. The molecule has 1 amide bonds. The number of nitrogens with two attached hydrogens (primary N) is 1. The fraction of sp³-hybridized carbons (Fsp3) is 0.552. The average Bonchev–Trinajstić information content (AvgIpc) is 2.81. The number of anilines is 2. The number of benzene rings is 2. The molecule has 5 heteroatoms. The van der Waals surface area contributed by atoms with E-state index in [1.807, 2.05) is 48.5 Å². The molecule has 2 aliphatic rings. The van der Waals surface area contributed by atoms with Crippen LogP contribution in [0.2, 0.25) is 0 Å². The fourth-order valence-electron chi connectivity index (χ4n) is 4.32. The van der Waals surface area contributed by atoms with Gasteiger partial charge < -0.3 is 20.7 Å². The van der Waals surface area contributed by atoms with E-state index >= 15 is 0 Å². The van der Waals surface area contributed by atoms with Crippen LogP contribution in [0.25, 0.3) is 0 Å². The predicted octanol–water partition coefficient (Wildman–Crippen LogP) is 6.38. The lowest BCUT2D eigenvalue weighted by Crippen LogP contribution is -2.30. The van der Waals surface area contributed by atoms with Gasteiger partial charge in [-0.05, 0) is 86.4 Å². The van der Waals surface area contributed by atoms with Crippen molar-refractivity contribution in [2.24, 2.45) is 11.7 Å². The van der Waals surface area contributed by atoms with E-state index in [-0.39, 0.29) is 5.91 Å². The Morgan fingerprint density at radius 1 is 1.00 bits per heavy atom. The van der Waals surface area contributed by atoms with Crippen LogP contribution in [0, 0.1) is 5.92 Å². The van der Waals surface area contributed by atoms with Crippen molar-refractivity contribution in [2.75, 3.05) is 23.8 Å². The molecule has 4 rings (SSSR count). The van der Waals surface area contributed by atoms with E-state index in [2.05, 4.69) is 31.1 Å². The van der Waals surface area contributed by atoms with E-state index in [9.17, 15) is 4.79 Å². The Morgan fingerprint density at radius 2 is 1.68 bits per heavy atom. The summed E-state index contributed by atoms with van der Waals surface area (Å²) in [6, 6.07) is 16.1. The van der Waals surface area contributed by atoms with E-state index in [1.54, 1.807) is 0 Å². The molecular formula is C29H43N3O2. The third-order valence-electron chi connectivity index (χ3n) is 7.06.